The van der Waals surface area contributed by atoms with Gasteiger partial charge in [-0.25, -0.2) is 14.3 Å². The van der Waals surface area contributed by atoms with Crippen LogP contribution in [0.2, 0.25) is 5.15 Å². The van der Waals surface area contributed by atoms with Crippen molar-refractivity contribution in [3.05, 3.63) is 23.1 Å². The van der Waals surface area contributed by atoms with E-state index < -0.39 is 6.09 Å². The number of rotatable bonds is 1. The number of aromatic nitrogens is 3. The Bertz CT molecular complexity index is 739. The summed E-state index contributed by atoms with van der Waals surface area (Å²) in [4.78, 5) is 17.1. The van der Waals surface area contributed by atoms with Crippen LogP contribution in [0.5, 0.6) is 0 Å². The molecule has 0 bridgehead atoms. The predicted molar refractivity (Wildman–Crippen MR) is 73.4 cm³/mol. The first-order chi connectivity index (χ1) is 9.50. The summed E-state index contributed by atoms with van der Waals surface area (Å²) in [7, 11) is 0. The summed E-state index contributed by atoms with van der Waals surface area (Å²) in [5, 5.41) is 14.1. The van der Waals surface area contributed by atoms with Gasteiger partial charge in [-0.05, 0) is 18.8 Å². The molecule has 1 fully saturated rings. The highest BCUT2D eigenvalue weighted by atomic mass is 35.5. The first-order valence-electron chi connectivity index (χ1n) is 6.56. The minimum Gasteiger partial charge on any atom is -0.465 e. The van der Waals surface area contributed by atoms with Gasteiger partial charge in [0.05, 0.1) is 17.6 Å². The van der Waals surface area contributed by atoms with Gasteiger partial charge in [0, 0.05) is 18.0 Å². The maximum Gasteiger partial charge on any atom is 0.411 e. The van der Waals surface area contributed by atoms with Gasteiger partial charge in [0.2, 0.25) is 0 Å². The van der Waals surface area contributed by atoms with E-state index in [2.05, 4.69) is 17.0 Å². The summed E-state index contributed by atoms with van der Waals surface area (Å²) in [5.41, 5.74) is 1.98. The van der Waals surface area contributed by atoms with E-state index in [-0.39, 0.29) is 5.41 Å². The number of anilines is 1. The second-order valence-electron chi connectivity index (χ2n) is 5.79. The smallest absolute Gasteiger partial charge is 0.411 e. The van der Waals surface area contributed by atoms with Gasteiger partial charge in [0.15, 0.2) is 10.8 Å². The van der Waals surface area contributed by atoms with Crippen molar-refractivity contribution in [1.29, 1.82) is 0 Å². The number of carbonyl (C=O) groups is 1. The molecule has 1 amide bonds. The predicted octanol–water partition coefficient (Wildman–Crippen LogP) is 2.55. The molecule has 104 valence electrons. The van der Waals surface area contributed by atoms with E-state index in [0.717, 1.165) is 18.5 Å². The Labute approximate surface area is 120 Å². The molecule has 4 rings (SSSR count). The average Bonchev–Trinajstić information content (AvgIpc) is 3.10. The van der Waals surface area contributed by atoms with Crippen LogP contribution in [-0.4, -0.2) is 32.3 Å². The van der Waals surface area contributed by atoms with Crippen LogP contribution in [0.1, 0.15) is 25.5 Å². The van der Waals surface area contributed by atoms with Crippen LogP contribution in [0.3, 0.4) is 0 Å². The van der Waals surface area contributed by atoms with Crippen molar-refractivity contribution in [3.63, 3.8) is 0 Å². The zero-order valence-electron chi connectivity index (χ0n) is 10.9. The molecule has 0 saturated heterocycles. The Balaban J connectivity index is 2.03. The standard InChI is InChI=1S/C13H13ClN4O2/c1-13(7-2-3-7)6-17(12(19)20)8-5-15-10-4-9(14)16-18(10)11(8)13/h4-5,7H,2-3,6H2,1H3,(H,19,20). The van der Waals surface area contributed by atoms with Gasteiger partial charge in [-0.2, -0.15) is 5.10 Å². The van der Waals surface area contributed by atoms with Gasteiger partial charge in [0.25, 0.3) is 0 Å². The molecule has 3 heterocycles. The summed E-state index contributed by atoms with van der Waals surface area (Å²) < 4.78 is 1.71. The van der Waals surface area contributed by atoms with Crippen LogP contribution in [0.25, 0.3) is 5.65 Å². The summed E-state index contributed by atoms with van der Waals surface area (Å²) in [6.07, 6.45) is 2.92. The molecule has 6 nitrogen and oxygen atoms in total. The summed E-state index contributed by atoms with van der Waals surface area (Å²) in [5.74, 6) is 0.499. The van der Waals surface area contributed by atoms with Crippen LogP contribution in [0.15, 0.2) is 12.3 Å². The second-order valence-corrected chi connectivity index (χ2v) is 6.18. The number of halogens is 1. The average molecular weight is 293 g/mol. The van der Waals surface area contributed by atoms with E-state index in [1.807, 2.05) is 0 Å². The Morgan fingerprint density at radius 3 is 2.95 bits per heavy atom. The largest absolute Gasteiger partial charge is 0.465 e. The van der Waals surface area contributed by atoms with Crippen molar-refractivity contribution < 1.29 is 9.90 Å². The minimum atomic E-state index is -0.949. The molecule has 0 radical (unpaired) electrons. The molecule has 7 heteroatoms. The van der Waals surface area contributed by atoms with Crippen LogP contribution in [0, 0.1) is 5.92 Å². The molecule has 20 heavy (non-hydrogen) atoms. The first-order valence-corrected chi connectivity index (χ1v) is 6.94. The number of fused-ring (bicyclic) bond motifs is 3. The molecule has 1 atom stereocenters. The van der Waals surface area contributed by atoms with E-state index in [4.69, 9.17) is 11.6 Å². The SMILES string of the molecule is CC1(C2CC2)CN(C(=O)O)c2cnc3cc(Cl)nn3c21. The fourth-order valence-electron chi connectivity index (χ4n) is 3.33. The molecule has 2 aromatic heterocycles. The zero-order valence-corrected chi connectivity index (χ0v) is 11.6. The summed E-state index contributed by atoms with van der Waals surface area (Å²) in [6, 6.07) is 1.69. The lowest BCUT2D eigenvalue weighted by atomic mass is 9.83. The Hall–Kier alpha value is -1.82. The third kappa shape index (κ3) is 1.42. The van der Waals surface area contributed by atoms with Crippen molar-refractivity contribution >= 4 is 29.0 Å². The van der Waals surface area contributed by atoms with Crippen molar-refractivity contribution in [3.8, 4) is 0 Å². The quantitative estimate of drug-likeness (QED) is 0.877. The monoisotopic (exact) mass is 292 g/mol. The van der Waals surface area contributed by atoms with Gasteiger partial charge < -0.3 is 5.11 Å². The third-order valence-corrected chi connectivity index (χ3v) is 4.65. The van der Waals surface area contributed by atoms with E-state index in [1.54, 1.807) is 16.8 Å². The highest BCUT2D eigenvalue weighted by Gasteiger charge is 2.52. The number of amides is 1. The maximum atomic E-state index is 11.5. The lowest BCUT2D eigenvalue weighted by molar-refractivity contribution is 0.200. The molecule has 1 N–H and O–H groups in total. The molecule has 2 aromatic rings. The van der Waals surface area contributed by atoms with E-state index >= 15 is 0 Å². The van der Waals surface area contributed by atoms with E-state index in [0.29, 0.717) is 29.0 Å². The molecule has 1 unspecified atom stereocenters. The molecular weight excluding hydrogens is 280 g/mol. The fraction of sp³-hybridized carbons (Fsp3) is 0.462. The van der Waals surface area contributed by atoms with Crippen molar-refractivity contribution in [2.75, 3.05) is 11.4 Å². The maximum absolute atomic E-state index is 11.5. The number of hydrogen-bond donors (Lipinski definition) is 1. The summed E-state index contributed by atoms with van der Waals surface area (Å²) >= 11 is 5.97. The Morgan fingerprint density at radius 2 is 2.30 bits per heavy atom. The molecule has 2 aliphatic rings. The van der Waals surface area contributed by atoms with E-state index in [9.17, 15) is 9.90 Å². The van der Waals surface area contributed by atoms with Crippen LogP contribution >= 0.6 is 11.6 Å². The molecule has 0 aromatic carbocycles. The highest BCUT2D eigenvalue weighted by Crippen LogP contribution is 2.53. The van der Waals surface area contributed by atoms with E-state index in [1.165, 1.54) is 4.90 Å². The van der Waals surface area contributed by atoms with Gasteiger partial charge >= 0.3 is 6.09 Å². The van der Waals surface area contributed by atoms with Gasteiger partial charge in [0.1, 0.15) is 0 Å². The Kier molecular flexibility index (Phi) is 2.17. The number of carboxylic acid groups (broad SMARTS) is 1. The summed E-state index contributed by atoms with van der Waals surface area (Å²) in [6.45, 7) is 2.57. The Morgan fingerprint density at radius 1 is 1.55 bits per heavy atom. The van der Waals surface area contributed by atoms with Crippen molar-refractivity contribution in [2.45, 2.75) is 25.2 Å². The molecule has 1 aliphatic carbocycles. The lowest BCUT2D eigenvalue weighted by Crippen LogP contribution is -2.36. The third-order valence-electron chi connectivity index (χ3n) is 4.46. The fourth-order valence-corrected chi connectivity index (χ4v) is 3.50. The van der Waals surface area contributed by atoms with Crippen molar-refractivity contribution in [2.24, 2.45) is 5.92 Å². The topological polar surface area (TPSA) is 70.7 Å². The van der Waals surface area contributed by atoms with Crippen LogP contribution < -0.4 is 4.90 Å². The molecular formula is C13H13ClN4O2. The molecule has 0 spiro atoms. The number of nitrogens with zero attached hydrogens (tertiary/aromatic N) is 4. The van der Waals surface area contributed by atoms with Crippen LogP contribution in [0.4, 0.5) is 10.5 Å². The second kappa shape index (κ2) is 3.63. The lowest BCUT2D eigenvalue weighted by Gasteiger charge is -2.24. The zero-order chi connectivity index (χ0) is 14.1. The minimum absolute atomic E-state index is 0.218. The van der Waals surface area contributed by atoms with Gasteiger partial charge in [-0.1, -0.05) is 18.5 Å². The van der Waals surface area contributed by atoms with Gasteiger partial charge in [-0.3, -0.25) is 4.90 Å². The van der Waals surface area contributed by atoms with Gasteiger partial charge in [-0.15, -0.1) is 0 Å². The molecule has 1 saturated carbocycles. The first kappa shape index (κ1) is 12.0. The number of hydrogen-bond acceptors (Lipinski definition) is 3. The highest BCUT2D eigenvalue weighted by molar-refractivity contribution is 6.29. The van der Waals surface area contributed by atoms with Crippen molar-refractivity contribution in [1.82, 2.24) is 14.6 Å². The molecule has 1 aliphatic heterocycles. The van der Waals surface area contributed by atoms with Crippen LogP contribution in [-0.2, 0) is 5.41 Å². The normalized spacial score (nSPS) is 25.2.